The van der Waals surface area contributed by atoms with E-state index in [2.05, 4.69) is 31.0 Å². The molecule has 8 heteroatoms. The van der Waals surface area contributed by atoms with Crippen molar-refractivity contribution in [1.82, 2.24) is 10.2 Å². The SMILES string of the molecule is CCCCCCCCCOC(=O)CCCCCCCN(CCCCCCCOC(=O)C(CCCCCCCC)CCCCCCCC)CCCNC(=O)COC. The van der Waals surface area contributed by atoms with Gasteiger partial charge in [0.05, 0.1) is 19.1 Å². The monoisotopic (exact) mass is 795 g/mol. The molecule has 56 heavy (non-hydrogen) atoms. The minimum absolute atomic E-state index is 0.0352. The summed E-state index contributed by atoms with van der Waals surface area (Å²) >= 11 is 0. The number of carbonyl (C=O) groups is 3. The number of esters is 2. The van der Waals surface area contributed by atoms with Gasteiger partial charge in [0.2, 0.25) is 5.91 Å². The van der Waals surface area contributed by atoms with Gasteiger partial charge in [-0.15, -0.1) is 0 Å². The van der Waals surface area contributed by atoms with Crippen molar-refractivity contribution in [2.45, 2.75) is 233 Å². The Morgan fingerprint density at radius 2 is 0.893 bits per heavy atom. The second-order valence-corrected chi connectivity index (χ2v) is 16.6. The van der Waals surface area contributed by atoms with E-state index in [9.17, 15) is 14.4 Å². The fourth-order valence-corrected chi connectivity index (χ4v) is 7.48. The maximum Gasteiger partial charge on any atom is 0.308 e. The van der Waals surface area contributed by atoms with E-state index in [1.807, 2.05) is 0 Å². The fourth-order valence-electron chi connectivity index (χ4n) is 7.48. The van der Waals surface area contributed by atoms with Crippen LogP contribution in [0.4, 0.5) is 0 Å². The van der Waals surface area contributed by atoms with Gasteiger partial charge in [-0.1, -0.05) is 175 Å². The van der Waals surface area contributed by atoms with Gasteiger partial charge < -0.3 is 24.4 Å². The van der Waals surface area contributed by atoms with E-state index >= 15 is 0 Å². The normalized spacial score (nSPS) is 11.5. The minimum Gasteiger partial charge on any atom is -0.466 e. The van der Waals surface area contributed by atoms with E-state index in [1.54, 1.807) is 7.11 Å². The molecule has 0 rings (SSSR count). The lowest BCUT2D eigenvalue weighted by Crippen LogP contribution is -2.32. The van der Waals surface area contributed by atoms with E-state index in [0.717, 1.165) is 110 Å². The first kappa shape index (κ1) is 54.3. The summed E-state index contributed by atoms with van der Waals surface area (Å²) in [7, 11) is 1.54. The predicted octanol–water partition coefficient (Wildman–Crippen LogP) is 12.7. The zero-order valence-corrected chi connectivity index (χ0v) is 37.8. The number of rotatable bonds is 45. The van der Waals surface area contributed by atoms with Crippen molar-refractivity contribution in [3.05, 3.63) is 0 Å². The van der Waals surface area contributed by atoms with Crippen LogP contribution in [-0.4, -0.2) is 75.9 Å². The molecule has 1 amide bonds. The second kappa shape index (κ2) is 44.4. The molecule has 0 saturated carbocycles. The van der Waals surface area contributed by atoms with Crippen LogP contribution in [0.15, 0.2) is 0 Å². The summed E-state index contributed by atoms with van der Waals surface area (Å²) in [5.41, 5.74) is 0. The van der Waals surface area contributed by atoms with Crippen molar-refractivity contribution in [2.24, 2.45) is 5.92 Å². The lowest BCUT2D eigenvalue weighted by atomic mass is 9.94. The molecule has 0 aliphatic rings. The van der Waals surface area contributed by atoms with Gasteiger partial charge in [-0.05, 0) is 71.0 Å². The molecule has 0 atom stereocenters. The van der Waals surface area contributed by atoms with Crippen molar-refractivity contribution in [2.75, 3.05) is 53.1 Å². The zero-order chi connectivity index (χ0) is 41.0. The highest BCUT2D eigenvalue weighted by Gasteiger charge is 2.19. The molecule has 1 N–H and O–H groups in total. The van der Waals surface area contributed by atoms with Crippen molar-refractivity contribution in [3.8, 4) is 0 Å². The number of methoxy groups -OCH3 is 1. The Balaban J connectivity index is 4.33. The maximum atomic E-state index is 13.1. The average Bonchev–Trinajstić information content (AvgIpc) is 3.19. The molecule has 0 aromatic heterocycles. The fraction of sp³-hybridized carbons (Fsp3) is 0.938. The molecule has 0 heterocycles. The number of carbonyl (C=O) groups excluding carboxylic acids is 3. The van der Waals surface area contributed by atoms with Gasteiger partial charge in [0.1, 0.15) is 6.61 Å². The van der Waals surface area contributed by atoms with Crippen LogP contribution in [0, 0.1) is 5.92 Å². The number of nitrogens with one attached hydrogen (secondary N) is 1. The van der Waals surface area contributed by atoms with Gasteiger partial charge >= 0.3 is 11.9 Å². The second-order valence-electron chi connectivity index (χ2n) is 16.6. The first-order valence-corrected chi connectivity index (χ1v) is 24.3. The Labute approximate surface area is 347 Å². The first-order valence-electron chi connectivity index (χ1n) is 24.3. The van der Waals surface area contributed by atoms with Crippen molar-refractivity contribution >= 4 is 17.8 Å². The molecular weight excluding hydrogens is 701 g/mol. The molecular formula is C48H94N2O6. The molecule has 0 fully saturated rings. The van der Waals surface area contributed by atoms with E-state index in [1.165, 1.54) is 116 Å². The molecule has 0 aromatic rings. The summed E-state index contributed by atoms with van der Waals surface area (Å²) in [6, 6.07) is 0. The molecule has 8 nitrogen and oxygen atoms in total. The van der Waals surface area contributed by atoms with E-state index in [0.29, 0.717) is 26.2 Å². The van der Waals surface area contributed by atoms with Gasteiger partial charge in [-0.25, -0.2) is 0 Å². The van der Waals surface area contributed by atoms with E-state index < -0.39 is 0 Å². The van der Waals surface area contributed by atoms with Crippen LogP contribution in [0.3, 0.4) is 0 Å². The Hall–Kier alpha value is -1.67. The third-order valence-corrected chi connectivity index (χ3v) is 11.1. The standard InChI is InChI=1S/C48H94N2O6/c1-5-8-11-14-17-25-32-42-55-47(52)37-29-22-18-23-30-39-50(41-34-38-49-46(51)44-54-4)40-31-24-19-26-33-43-56-48(53)45(35-27-20-15-12-9-6-2)36-28-21-16-13-10-7-3/h45H,5-44H2,1-4H3,(H,49,51). The van der Waals surface area contributed by atoms with Gasteiger partial charge in [-0.2, -0.15) is 0 Å². The molecule has 0 radical (unpaired) electrons. The number of hydrogen-bond acceptors (Lipinski definition) is 7. The predicted molar refractivity (Wildman–Crippen MR) is 236 cm³/mol. The number of ether oxygens (including phenoxy) is 3. The summed E-state index contributed by atoms with van der Waals surface area (Å²) in [5.74, 6) is 0.0436. The highest BCUT2D eigenvalue weighted by Crippen LogP contribution is 2.21. The number of hydrogen-bond donors (Lipinski definition) is 1. The lowest BCUT2D eigenvalue weighted by molar-refractivity contribution is -0.149. The maximum absolute atomic E-state index is 13.1. The van der Waals surface area contributed by atoms with Crippen LogP contribution in [0.2, 0.25) is 0 Å². The smallest absolute Gasteiger partial charge is 0.308 e. The Morgan fingerprint density at radius 1 is 0.482 bits per heavy atom. The third-order valence-electron chi connectivity index (χ3n) is 11.1. The summed E-state index contributed by atoms with van der Waals surface area (Å²) in [4.78, 5) is 39.5. The highest BCUT2D eigenvalue weighted by molar-refractivity contribution is 5.77. The van der Waals surface area contributed by atoms with Crippen molar-refractivity contribution in [1.29, 1.82) is 0 Å². The zero-order valence-electron chi connectivity index (χ0n) is 37.8. The number of unbranched alkanes of at least 4 members (excludes halogenated alkanes) is 24. The minimum atomic E-state index is -0.0578. The van der Waals surface area contributed by atoms with Gasteiger partial charge in [0, 0.05) is 20.1 Å². The topological polar surface area (TPSA) is 94.2 Å². The molecule has 0 aromatic carbocycles. The highest BCUT2D eigenvalue weighted by atomic mass is 16.5. The first-order chi connectivity index (χ1) is 27.5. The van der Waals surface area contributed by atoms with Crippen LogP contribution in [0.5, 0.6) is 0 Å². The molecule has 0 bridgehead atoms. The molecule has 0 aliphatic heterocycles. The average molecular weight is 795 g/mol. The molecule has 332 valence electrons. The van der Waals surface area contributed by atoms with Crippen molar-refractivity contribution in [3.63, 3.8) is 0 Å². The largest absolute Gasteiger partial charge is 0.466 e. The van der Waals surface area contributed by atoms with Crippen LogP contribution in [0.1, 0.15) is 233 Å². The van der Waals surface area contributed by atoms with Gasteiger partial charge in [-0.3, -0.25) is 14.4 Å². The van der Waals surface area contributed by atoms with Gasteiger partial charge in [0.25, 0.3) is 0 Å². The molecule has 0 spiro atoms. The van der Waals surface area contributed by atoms with Crippen LogP contribution < -0.4 is 5.32 Å². The molecule has 0 unspecified atom stereocenters. The van der Waals surface area contributed by atoms with Crippen molar-refractivity contribution < 1.29 is 28.6 Å². The summed E-state index contributed by atoms with van der Waals surface area (Å²) < 4.78 is 16.2. The lowest BCUT2D eigenvalue weighted by Gasteiger charge is -2.22. The van der Waals surface area contributed by atoms with E-state index in [-0.39, 0.29) is 30.4 Å². The Kier molecular flexibility index (Phi) is 43.1. The quantitative estimate of drug-likeness (QED) is 0.0484. The van der Waals surface area contributed by atoms with Gasteiger partial charge in [0.15, 0.2) is 0 Å². The number of amides is 1. The Bertz CT molecular complexity index is 840. The Morgan fingerprint density at radius 3 is 1.39 bits per heavy atom. The molecule has 0 aliphatic carbocycles. The van der Waals surface area contributed by atoms with Crippen LogP contribution in [0.25, 0.3) is 0 Å². The van der Waals surface area contributed by atoms with Crippen LogP contribution >= 0.6 is 0 Å². The summed E-state index contributed by atoms with van der Waals surface area (Å²) in [6.45, 7) is 11.8. The van der Waals surface area contributed by atoms with Crippen LogP contribution in [-0.2, 0) is 28.6 Å². The van der Waals surface area contributed by atoms with E-state index in [4.69, 9.17) is 14.2 Å². The molecule has 0 saturated heterocycles. The summed E-state index contributed by atoms with van der Waals surface area (Å²) in [6.07, 6.45) is 38.3. The third kappa shape index (κ3) is 39.2. The number of nitrogens with zero attached hydrogens (tertiary/aromatic N) is 1. The summed E-state index contributed by atoms with van der Waals surface area (Å²) in [5, 5.41) is 2.95.